The molecule has 1 rings (SSSR count). The molecule has 96 valence electrons. The number of hydrogen-bond donors (Lipinski definition) is 0. The fraction of sp³-hybridized carbons (Fsp3) is 1.00. The Morgan fingerprint density at radius 1 is 1.44 bits per heavy atom. The summed E-state index contributed by atoms with van der Waals surface area (Å²) < 4.78 is 5.71. The van der Waals surface area contributed by atoms with E-state index >= 15 is 0 Å². The summed E-state index contributed by atoms with van der Waals surface area (Å²) in [5.74, 6) is 1.50. The predicted octanol–water partition coefficient (Wildman–Crippen LogP) is 3.15. The van der Waals surface area contributed by atoms with E-state index < -0.39 is 0 Å². The van der Waals surface area contributed by atoms with E-state index in [9.17, 15) is 0 Å². The Labute approximate surface area is 109 Å². The molecule has 0 N–H and O–H groups in total. The number of rotatable bonds is 7. The summed E-state index contributed by atoms with van der Waals surface area (Å²) in [5, 5.41) is 1.10. The molecule has 0 spiro atoms. The first-order chi connectivity index (χ1) is 7.67. The van der Waals surface area contributed by atoms with Gasteiger partial charge in [-0.3, -0.25) is 0 Å². The van der Waals surface area contributed by atoms with Gasteiger partial charge < -0.3 is 9.64 Å². The first-order valence-electron chi connectivity index (χ1n) is 6.57. The summed E-state index contributed by atoms with van der Waals surface area (Å²) in [6.07, 6.45) is 2.98. The highest BCUT2D eigenvalue weighted by atomic mass is 79.9. The molecule has 16 heavy (non-hydrogen) atoms. The quantitative estimate of drug-likeness (QED) is 0.668. The Balaban J connectivity index is 2.34. The number of ether oxygens (including phenoxy) is 1. The van der Waals surface area contributed by atoms with Crippen LogP contribution in [0.5, 0.6) is 0 Å². The van der Waals surface area contributed by atoms with E-state index in [1.54, 1.807) is 0 Å². The summed E-state index contributed by atoms with van der Waals surface area (Å²) >= 11 is 3.63. The maximum absolute atomic E-state index is 5.71. The molecule has 0 radical (unpaired) electrons. The lowest BCUT2D eigenvalue weighted by molar-refractivity contribution is 0.0680. The van der Waals surface area contributed by atoms with Crippen molar-refractivity contribution < 1.29 is 4.74 Å². The van der Waals surface area contributed by atoms with Crippen LogP contribution in [-0.2, 0) is 4.74 Å². The van der Waals surface area contributed by atoms with Crippen molar-refractivity contribution in [2.24, 2.45) is 11.8 Å². The average molecular weight is 292 g/mol. The van der Waals surface area contributed by atoms with Crippen molar-refractivity contribution in [2.45, 2.75) is 39.7 Å². The highest BCUT2D eigenvalue weighted by molar-refractivity contribution is 9.09. The number of alkyl halides is 1. The Hall–Kier alpha value is 0.400. The van der Waals surface area contributed by atoms with Gasteiger partial charge in [0, 0.05) is 25.0 Å². The standard InChI is InChI=1S/C13H26BrNO/c1-4-15(9-12(8-14)11(2)3)10-13-6-5-7-16-13/h11-13H,4-10H2,1-3H3. The van der Waals surface area contributed by atoms with Crippen molar-refractivity contribution in [2.75, 3.05) is 31.6 Å². The summed E-state index contributed by atoms with van der Waals surface area (Å²) in [6.45, 7) is 11.3. The van der Waals surface area contributed by atoms with E-state index in [1.165, 1.54) is 19.4 Å². The van der Waals surface area contributed by atoms with Gasteiger partial charge in [-0.25, -0.2) is 0 Å². The minimum atomic E-state index is 0.489. The second kappa shape index (κ2) is 7.67. The van der Waals surface area contributed by atoms with Crippen LogP contribution in [0, 0.1) is 11.8 Å². The Bertz CT molecular complexity index is 181. The first-order valence-corrected chi connectivity index (χ1v) is 7.69. The van der Waals surface area contributed by atoms with Crippen LogP contribution in [-0.4, -0.2) is 42.6 Å². The second-order valence-electron chi connectivity index (χ2n) is 5.15. The van der Waals surface area contributed by atoms with Gasteiger partial charge in [-0.05, 0) is 31.2 Å². The van der Waals surface area contributed by atoms with Gasteiger partial charge in [-0.2, -0.15) is 0 Å². The zero-order chi connectivity index (χ0) is 12.0. The van der Waals surface area contributed by atoms with Crippen molar-refractivity contribution in [3.63, 3.8) is 0 Å². The molecule has 2 atom stereocenters. The summed E-state index contributed by atoms with van der Waals surface area (Å²) in [7, 11) is 0. The number of halogens is 1. The Morgan fingerprint density at radius 3 is 2.62 bits per heavy atom. The molecule has 1 heterocycles. The van der Waals surface area contributed by atoms with Crippen LogP contribution >= 0.6 is 15.9 Å². The van der Waals surface area contributed by atoms with Crippen LogP contribution in [0.2, 0.25) is 0 Å². The fourth-order valence-electron chi connectivity index (χ4n) is 2.18. The molecule has 2 nitrogen and oxygen atoms in total. The fourth-order valence-corrected chi connectivity index (χ4v) is 3.13. The molecule has 0 saturated carbocycles. The second-order valence-corrected chi connectivity index (χ2v) is 5.79. The molecule has 2 unspecified atom stereocenters. The molecule has 0 aromatic rings. The third-order valence-corrected chi connectivity index (χ3v) is 4.40. The largest absolute Gasteiger partial charge is 0.377 e. The summed E-state index contributed by atoms with van der Waals surface area (Å²) in [5.41, 5.74) is 0. The molecule has 1 saturated heterocycles. The highest BCUT2D eigenvalue weighted by Crippen LogP contribution is 2.18. The first kappa shape index (κ1) is 14.5. The maximum Gasteiger partial charge on any atom is 0.0702 e. The molecule has 1 aliphatic rings. The van der Waals surface area contributed by atoms with E-state index in [-0.39, 0.29) is 0 Å². The summed E-state index contributed by atoms with van der Waals surface area (Å²) in [4.78, 5) is 2.54. The van der Waals surface area contributed by atoms with Crippen LogP contribution in [0.15, 0.2) is 0 Å². The molecular weight excluding hydrogens is 266 g/mol. The molecule has 0 aliphatic carbocycles. The monoisotopic (exact) mass is 291 g/mol. The van der Waals surface area contributed by atoms with Crippen molar-refractivity contribution in [1.29, 1.82) is 0 Å². The zero-order valence-electron chi connectivity index (χ0n) is 10.9. The number of hydrogen-bond acceptors (Lipinski definition) is 2. The van der Waals surface area contributed by atoms with Crippen LogP contribution in [0.1, 0.15) is 33.6 Å². The van der Waals surface area contributed by atoms with Crippen LogP contribution in [0.25, 0.3) is 0 Å². The lowest BCUT2D eigenvalue weighted by Gasteiger charge is -2.29. The van der Waals surface area contributed by atoms with E-state index in [0.29, 0.717) is 6.10 Å². The average Bonchev–Trinajstić information content (AvgIpc) is 2.76. The SMILES string of the molecule is CCN(CC1CCCO1)CC(CBr)C(C)C. The lowest BCUT2D eigenvalue weighted by atomic mass is 9.97. The lowest BCUT2D eigenvalue weighted by Crippen LogP contribution is -2.37. The van der Waals surface area contributed by atoms with Gasteiger partial charge in [-0.1, -0.05) is 36.7 Å². The van der Waals surface area contributed by atoms with Crippen LogP contribution in [0.4, 0.5) is 0 Å². The summed E-state index contributed by atoms with van der Waals surface area (Å²) in [6, 6.07) is 0. The molecule has 0 aromatic carbocycles. The van der Waals surface area contributed by atoms with Crippen LogP contribution < -0.4 is 0 Å². The Kier molecular flexibility index (Phi) is 6.94. The third kappa shape index (κ3) is 4.72. The van der Waals surface area contributed by atoms with Crippen molar-refractivity contribution in [3.8, 4) is 0 Å². The zero-order valence-corrected chi connectivity index (χ0v) is 12.5. The smallest absolute Gasteiger partial charge is 0.0702 e. The van der Waals surface area contributed by atoms with E-state index in [0.717, 1.165) is 36.9 Å². The molecular formula is C13H26BrNO. The van der Waals surface area contributed by atoms with Crippen molar-refractivity contribution >= 4 is 15.9 Å². The van der Waals surface area contributed by atoms with Gasteiger partial charge in [0.15, 0.2) is 0 Å². The molecule has 0 bridgehead atoms. The van der Waals surface area contributed by atoms with Crippen molar-refractivity contribution in [3.05, 3.63) is 0 Å². The van der Waals surface area contributed by atoms with E-state index in [4.69, 9.17) is 4.74 Å². The van der Waals surface area contributed by atoms with Gasteiger partial charge in [0.2, 0.25) is 0 Å². The van der Waals surface area contributed by atoms with Gasteiger partial charge in [-0.15, -0.1) is 0 Å². The predicted molar refractivity (Wildman–Crippen MR) is 73.2 cm³/mol. The van der Waals surface area contributed by atoms with E-state index in [2.05, 4.69) is 41.6 Å². The molecule has 1 aliphatic heterocycles. The molecule has 0 amide bonds. The maximum atomic E-state index is 5.71. The van der Waals surface area contributed by atoms with Gasteiger partial charge in [0.1, 0.15) is 0 Å². The normalized spacial score (nSPS) is 23.2. The molecule has 3 heteroatoms. The molecule has 0 aromatic heterocycles. The number of likely N-dealkylation sites (N-methyl/N-ethyl adjacent to an activating group) is 1. The van der Waals surface area contributed by atoms with Crippen molar-refractivity contribution in [1.82, 2.24) is 4.90 Å². The molecule has 1 fully saturated rings. The third-order valence-electron chi connectivity index (χ3n) is 3.57. The van der Waals surface area contributed by atoms with Gasteiger partial charge in [0.25, 0.3) is 0 Å². The Morgan fingerprint density at radius 2 is 2.19 bits per heavy atom. The van der Waals surface area contributed by atoms with E-state index in [1.807, 2.05) is 0 Å². The van der Waals surface area contributed by atoms with Gasteiger partial charge >= 0.3 is 0 Å². The minimum Gasteiger partial charge on any atom is -0.377 e. The number of nitrogens with zero attached hydrogens (tertiary/aromatic N) is 1. The van der Waals surface area contributed by atoms with Gasteiger partial charge in [0.05, 0.1) is 6.10 Å². The highest BCUT2D eigenvalue weighted by Gasteiger charge is 2.21. The topological polar surface area (TPSA) is 12.5 Å². The minimum absolute atomic E-state index is 0.489. The van der Waals surface area contributed by atoms with Crippen LogP contribution in [0.3, 0.4) is 0 Å².